The number of aryl methyl sites for hydroxylation is 1. The van der Waals surface area contributed by atoms with Crippen LogP contribution in [-0.4, -0.2) is 23.4 Å². The van der Waals surface area contributed by atoms with Gasteiger partial charge in [0.15, 0.2) is 6.61 Å². The predicted molar refractivity (Wildman–Crippen MR) is 83.1 cm³/mol. The largest absolute Gasteiger partial charge is 0.452 e. The molecule has 0 spiro atoms. The smallest absolute Gasteiger partial charge is 0.338 e. The Labute approximate surface area is 136 Å². The van der Waals surface area contributed by atoms with Gasteiger partial charge in [-0.05, 0) is 36.8 Å². The van der Waals surface area contributed by atoms with Crippen LogP contribution in [0, 0.1) is 22.9 Å². The summed E-state index contributed by atoms with van der Waals surface area (Å²) in [6.45, 7) is 1.13. The third-order valence-electron chi connectivity index (χ3n) is 3.04. The van der Waals surface area contributed by atoms with Crippen molar-refractivity contribution in [1.82, 2.24) is 0 Å². The second kappa shape index (κ2) is 7.32. The zero-order chi connectivity index (χ0) is 17.7. The van der Waals surface area contributed by atoms with E-state index in [2.05, 4.69) is 5.32 Å². The van der Waals surface area contributed by atoms with E-state index < -0.39 is 29.2 Å². The zero-order valence-electron chi connectivity index (χ0n) is 12.6. The number of benzene rings is 2. The third-order valence-corrected chi connectivity index (χ3v) is 3.04. The topological polar surface area (TPSA) is 98.5 Å². The van der Waals surface area contributed by atoms with Gasteiger partial charge in [-0.15, -0.1) is 0 Å². The first kappa shape index (κ1) is 17.1. The lowest BCUT2D eigenvalue weighted by molar-refractivity contribution is -0.384. The van der Waals surface area contributed by atoms with E-state index in [1.54, 1.807) is 13.0 Å². The number of rotatable bonds is 5. The minimum atomic E-state index is -0.815. The molecule has 1 N–H and O–H groups in total. The third kappa shape index (κ3) is 4.35. The van der Waals surface area contributed by atoms with Gasteiger partial charge in [0.25, 0.3) is 11.6 Å². The Bertz CT molecular complexity index is 790. The molecule has 0 unspecified atom stereocenters. The van der Waals surface area contributed by atoms with Crippen molar-refractivity contribution >= 4 is 23.3 Å². The van der Waals surface area contributed by atoms with Crippen LogP contribution in [-0.2, 0) is 9.53 Å². The van der Waals surface area contributed by atoms with Crippen LogP contribution in [0.4, 0.5) is 15.8 Å². The van der Waals surface area contributed by atoms with Crippen molar-refractivity contribution in [1.29, 1.82) is 0 Å². The molecule has 2 aromatic rings. The summed E-state index contributed by atoms with van der Waals surface area (Å²) >= 11 is 0. The zero-order valence-corrected chi connectivity index (χ0v) is 12.6. The number of hydrogen-bond acceptors (Lipinski definition) is 5. The lowest BCUT2D eigenvalue weighted by Crippen LogP contribution is -2.21. The molecule has 0 aliphatic carbocycles. The molecule has 0 saturated heterocycles. The van der Waals surface area contributed by atoms with E-state index in [4.69, 9.17) is 4.74 Å². The summed E-state index contributed by atoms with van der Waals surface area (Å²) < 4.78 is 18.3. The highest BCUT2D eigenvalue weighted by atomic mass is 19.1. The maximum atomic E-state index is 13.5. The molecular formula is C16H13FN2O5. The van der Waals surface area contributed by atoms with Crippen LogP contribution < -0.4 is 5.32 Å². The average molecular weight is 332 g/mol. The second-order valence-corrected chi connectivity index (χ2v) is 4.91. The Morgan fingerprint density at radius 2 is 1.88 bits per heavy atom. The average Bonchev–Trinajstić information content (AvgIpc) is 2.56. The summed E-state index contributed by atoms with van der Waals surface area (Å²) in [5.74, 6) is -2.12. The lowest BCUT2D eigenvalue weighted by atomic mass is 10.2. The maximum Gasteiger partial charge on any atom is 0.338 e. The van der Waals surface area contributed by atoms with Crippen molar-refractivity contribution in [2.75, 3.05) is 11.9 Å². The quantitative estimate of drug-likeness (QED) is 0.516. The number of ether oxygens (including phenoxy) is 1. The number of hydrogen-bond donors (Lipinski definition) is 1. The van der Waals surface area contributed by atoms with E-state index in [1.165, 1.54) is 24.3 Å². The summed E-state index contributed by atoms with van der Waals surface area (Å²) in [7, 11) is 0. The molecule has 2 aromatic carbocycles. The van der Waals surface area contributed by atoms with Crippen LogP contribution in [0.3, 0.4) is 0 Å². The molecule has 0 aliphatic rings. The fourth-order valence-corrected chi connectivity index (χ4v) is 1.85. The number of carbonyl (C=O) groups is 2. The van der Waals surface area contributed by atoms with Crippen molar-refractivity contribution in [3.8, 4) is 0 Å². The van der Waals surface area contributed by atoms with Crippen molar-refractivity contribution in [3.63, 3.8) is 0 Å². The van der Waals surface area contributed by atoms with Crippen LogP contribution in [0.15, 0.2) is 42.5 Å². The van der Waals surface area contributed by atoms with Crippen molar-refractivity contribution in [3.05, 3.63) is 69.5 Å². The van der Waals surface area contributed by atoms with Crippen LogP contribution >= 0.6 is 0 Å². The van der Waals surface area contributed by atoms with Gasteiger partial charge in [0.2, 0.25) is 0 Å². The van der Waals surface area contributed by atoms with Crippen LogP contribution in [0.1, 0.15) is 15.9 Å². The molecule has 7 nitrogen and oxygen atoms in total. The van der Waals surface area contributed by atoms with Gasteiger partial charge < -0.3 is 10.1 Å². The Morgan fingerprint density at radius 1 is 1.21 bits per heavy atom. The van der Waals surface area contributed by atoms with Gasteiger partial charge in [0, 0.05) is 12.1 Å². The molecule has 124 valence electrons. The number of carbonyl (C=O) groups excluding carboxylic acids is 2. The highest BCUT2D eigenvalue weighted by Gasteiger charge is 2.13. The van der Waals surface area contributed by atoms with Crippen molar-refractivity contribution in [2.24, 2.45) is 0 Å². The molecule has 0 saturated carbocycles. The van der Waals surface area contributed by atoms with Gasteiger partial charge in [-0.1, -0.05) is 6.07 Å². The molecular weight excluding hydrogens is 319 g/mol. The van der Waals surface area contributed by atoms with Gasteiger partial charge in [-0.25, -0.2) is 9.18 Å². The predicted octanol–water partition coefficient (Wildman–Crippen LogP) is 2.84. The number of non-ortho nitro benzene ring substituents is 1. The summed E-state index contributed by atoms with van der Waals surface area (Å²) in [6, 6.07) is 8.97. The minimum absolute atomic E-state index is 0.00798. The van der Waals surface area contributed by atoms with Gasteiger partial charge in [0.05, 0.1) is 16.2 Å². The Balaban J connectivity index is 1.92. The molecule has 24 heavy (non-hydrogen) atoms. The fraction of sp³-hybridized carbons (Fsp3) is 0.125. The van der Waals surface area contributed by atoms with Crippen molar-refractivity contribution in [2.45, 2.75) is 6.92 Å². The number of nitro benzene ring substituents is 1. The number of nitro groups is 1. The number of amides is 1. The van der Waals surface area contributed by atoms with E-state index in [9.17, 15) is 24.1 Å². The number of nitrogens with one attached hydrogen (secondary N) is 1. The number of anilines is 1. The molecule has 0 heterocycles. The molecule has 0 aromatic heterocycles. The van der Waals surface area contributed by atoms with Gasteiger partial charge in [0.1, 0.15) is 5.82 Å². The maximum absolute atomic E-state index is 13.5. The molecule has 0 aliphatic heterocycles. The van der Waals surface area contributed by atoms with Crippen LogP contribution in [0.2, 0.25) is 0 Å². The number of esters is 1. The Morgan fingerprint density at radius 3 is 2.50 bits per heavy atom. The van der Waals surface area contributed by atoms with Crippen LogP contribution in [0.25, 0.3) is 0 Å². The normalized spacial score (nSPS) is 10.1. The Kier molecular flexibility index (Phi) is 5.20. The van der Waals surface area contributed by atoms with E-state index in [1.807, 2.05) is 0 Å². The Hall–Kier alpha value is -3.29. The SMILES string of the molecule is Cc1ccc(F)c(NC(=O)COC(=O)c2ccc([N+](=O)[O-])cc2)c1. The number of nitrogens with zero attached hydrogens (tertiary/aromatic N) is 1. The first-order chi connectivity index (χ1) is 11.4. The van der Waals surface area contributed by atoms with Gasteiger partial charge in [-0.2, -0.15) is 0 Å². The molecule has 2 rings (SSSR count). The van der Waals surface area contributed by atoms with Crippen LogP contribution in [0.5, 0.6) is 0 Å². The van der Waals surface area contributed by atoms with E-state index in [-0.39, 0.29) is 16.9 Å². The van der Waals surface area contributed by atoms with Crippen molar-refractivity contribution < 1.29 is 23.6 Å². The summed E-state index contributed by atoms with van der Waals surface area (Å²) in [5.41, 5.74) is 0.648. The molecule has 0 atom stereocenters. The van der Waals surface area contributed by atoms with Gasteiger partial charge >= 0.3 is 5.97 Å². The monoisotopic (exact) mass is 332 g/mol. The second-order valence-electron chi connectivity index (χ2n) is 4.91. The lowest BCUT2D eigenvalue weighted by Gasteiger charge is -2.08. The highest BCUT2D eigenvalue weighted by Crippen LogP contribution is 2.16. The standard InChI is InChI=1S/C16H13FN2O5/c1-10-2-7-13(17)14(8-10)18-15(20)9-24-16(21)11-3-5-12(6-4-11)19(22)23/h2-8H,9H2,1H3,(H,18,20). The molecule has 0 radical (unpaired) electrons. The number of halogens is 1. The first-order valence-corrected chi connectivity index (χ1v) is 6.84. The fourth-order valence-electron chi connectivity index (χ4n) is 1.85. The summed E-state index contributed by atoms with van der Waals surface area (Å²) in [4.78, 5) is 33.4. The summed E-state index contributed by atoms with van der Waals surface area (Å²) in [5, 5.41) is 12.8. The molecule has 1 amide bonds. The molecule has 8 heteroatoms. The highest BCUT2D eigenvalue weighted by molar-refractivity contribution is 5.95. The van der Waals surface area contributed by atoms with E-state index in [0.29, 0.717) is 0 Å². The molecule has 0 fully saturated rings. The first-order valence-electron chi connectivity index (χ1n) is 6.84. The van der Waals surface area contributed by atoms with E-state index in [0.717, 1.165) is 17.7 Å². The summed E-state index contributed by atoms with van der Waals surface area (Å²) in [6.07, 6.45) is 0. The molecule has 0 bridgehead atoms. The van der Waals surface area contributed by atoms with Gasteiger partial charge in [-0.3, -0.25) is 14.9 Å². The minimum Gasteiger partial charge on any atom is -0.452 e. The van der Waals surface area contributed by atoms with E-state index >= 15 is 0 Å².